The van der Waals surface area contributed by atoms with Crippen molar-refractivity contribution in [2.45, 2.75) is 12.5 Å². The lowest BCUT2D eigenvalue weighted by Gasteiger charge is -2.26. The number of amides is 1. The van der Waals surface area contributed by atoms with E-state index in [1.165, 1.54) is 13.0 Å². The van der Waals surface area contributed by atoms with Crippen LogP contribution in [0.5, 0.6) is 0 Å². The van der Waals surface area contributed by atoms with Gasteiger partial charge < -0.3 is 10.5 Å². The van der Waals surface area contributed by atoms with Crippen LogP contribution in [0.2, 0.25) is 0 Å². The number of carbonyl (C=O) groups is 1. The lowest BCUT2D eigenvalue weighted by atomic mass is 9.83. The molecule has 6 heteroatoms. The summed E-state index contributed by atoms with van der Waals surface area (Å²) in [5.74, 6) is -0.495. The molecule has 6 nitrogen and oxygen atoms in total. The molecule has 1 aliphatic carbocycles. The fourth-order valence-electron chi connectivity index (χ4n) is 1.36. The molecule has 15 heavy (non-hydrogen) atoms. The zero-order valence-electron chi connectivity index (χ0n) is 8.25. The van der Waals surface area contributed by atoms with Crippen LogP contribution in [0.15, 0.2) is 24.3 Å². The van der Waals surface area contributed by atoms with E-state index in [4.69, 9.17) is 5.73 Å². The van der Waals surface area contributed by atoms with Gasteiger partial charge >= 0.3 is 6.09 Å². The molecule has 1 rings (SSSR count). The van der Waals surface area contributed by atoms with Gasteiger partial charge in [-0.05, 0) is 6.08 Å². The van der Waals surface area contributed by atoms with Gasteiger partial charge in [-0.2, -0.15) is 0 Å². The van der Waals surface area contributed by atoms with Gasteiger partial charge in [-0.25, -0.2) is 4.79 Å². The topological polar surface area (TPSA) is 95.5 Å². The Morgan fingerprint density at radius 3 is 2.87 bits per heavy atom. The smallest absolute Gasteiger partial charge is 0.404 e. The Morgan fingerprint density at radius 1 is 1.67 bits per heavy atom. The summed E-state index contributed by atoms with van der Waals surface area (Å²) in [6.45, 7) is 1.38. The van der Waals surface area contributed by atoms with E-state index >= 15 is 0 Å². The van der Waals surface area contributed by atoms with E-state index in [9.17, 15) is 14.9 Å². The molecule has 0 saturated heterocycles. The monoisotopic (exact) mass is 212 g/mol. The average molecular weight is 212 g/mol. The Labute approximate surface area is 86.5 Å². The number of nitrogens with zero attached hydrogens (tertiary/aromatic N) is 1. The molecule has 2 atom stereocenters. The highest BCUT2D eigenvalue weighted by atomic mass is 16.6. The lowest BCUT2D eigenvalue weighted by Crippen LogP contribution is -2.43. The fraction of sp³-hybridized carbons (Fsp3) is 0.444. The van der Waals surface area contributed by atoms with E-state index in [0.29, 0.717) is 0 Å². The summed E-state index contributed by atoms with van der Waals surface area (Å²) in [7, 11) is 0. The van der Waals surface area contributed by atoms with Gasteiger partial charge in [-0.1, -0.05) is 18.2 Å². The maximum Gasteiger partial charge on any atom is 0.404 e. The van der Waals surface area contributed by atoms with Crippen LogP contribution < -0.4 is 5.73 Å². The quantitative estimate of drug-likeness (QED) is 0.554. The summed E-state index contributed by atoms with van der Waals surface area (Å²) in [5, 5.41) is 10.9. The lowest BCUT2D eigenvalue weighted by molar-refractivity contribution is -0.559. The van der Waals surface area contributed by atoms with E-state index in [-0.39, 0.29) is 6.61 Å². The summed E-state index contributed by atoms with van der Waals surface area (Å²) in [4.78, 5) is 20.9. The molecule has 0 aromatic rings. The van der Waals surface area contributed by atoms with Crippen LogP contribution in [-0.2, 0) is 4.74 Å². The molecule has 0 fully saturated rings. The second kappa shape index (κ2) is 4.12. The molecule has 0 aliphatic heterocycles. The highest BCUT2D eigenvalue weighted by molar-refractivity contribution is 5.64. The fourth-order valence-corrected chi connectivity index (χ4v) is 1.36. The zero-order valence-corrected chi connectivity index (χ0v) is 8.25. The number of nitro groups is 1. The predicted octanol–water partition coefficient (Wildman–Crippen LogP) is 0.859. The second-order valence-electron chi connectivity index (χ2n) is 3.46. The first-order valence-electron chi connectivity index (χ1n) is 4.39. The van der Waals surface area contributed by atoms with Gasteiger partial charge in [0.25, 0.3) is 0 Å². The van der Waals surface area contributed by atoms with Crippen LogP contribution in [0.1, 0.15) is 6.92 Å². The van der Waals surface area contributed by atoms with Crippen molar-refractivity contribution in [3.8, 4) is 0 Å². The Morgan fingerprint density at radius 2 is 2.33 bits per heavy atom. The Balaban J connectivity index is 2.77. The first kappa shape index (κ1) is 11.2. The normalized spacial score (nSPS) is 28.7. The largest absolute Gasteiger partial charge is 0.449 e. The van der Waals surface area contributed by atoms with E-state index in [1.54, 1.807) is 18.2 Å². The van der Waals surface area contributed by atoms with Crippen LogP contribution in [0.3, 0.4) is 0 Å². The third kappa shape index (κ3) is 2.34. The third-order valence-corrected chi connectivity index (χ3v) is 2.44. The molecule has 1 amide bonds. The molecule has 2 N–H and O–H groups in total. The van der Waals surface area contributed by atoms with Crippen molar-refractivity contribution in [3.63, 3.8) is 0 Å². The van der Waals surface area contributed by atoms with Crippen LogP contribution in [0, 0.1) is 16.0 Å². The van der Waals surface area contributed by atoms with Gasteiger partial charge in [0.1, 0.15) is 6.61 Å². The Hall–Kier alpha value is -1.85. The van der Waals surface area contributed by atoms with E-state index < -0.39 is 22.5 Å². The number of allylic oxidation sites excluding steroid dienone is 2. The molecule has 0 aromatic heterocycles. The molecule has 82 valence electrons. The van der Waals surface area contributed by atoms with Crippen molar-refractivity contribution in [2.24, 2.45) is 11.7 Å². The number of ether oxygens (including phenoxy) is 1. The summed E-state index contributed by atoms with van der Waals surface area (Å²) >= 11 is 0. The molecular formula is C9H12N2O4. The van der Waals surface area contributed by atoms with Gasteiger partial charge in [-0.15, -0.1) is 0 Å². The van der Waals surface area contributed by atoms with Crippen LogP contribution in [0.25, 0.3) is 0 Å². The first-order chi connectivity index (χ1) is 6.97. The van der Waals surface area contributed by atoms with Crippen molar-refractivity contribution in [1.29, 1.82) is 0 Å². The second-order valence-corrected chi connectivity index (χ2v) is 3.46. The minimum Gasteiger partial charge on any atom is -0.449 e. The number of hydrogen-bond donors (Lipinski definition) is 1. The van der Waals surface area contributed by atoms with Crippen molar-refractivity contribution < 1.29 is 14.5 Å². The SMILES string of the molecule is CC1([N+](=O)[O-])C=CC=CC1COC(N)=O. The van der Waals surface area contributed by atoms with E-state index in [1.807, 2.05) is 0 Å². The molecule has 0 bridgehead atoms. The van der Waals surface area contributed by atoms with E-state index in [2.05, 4.69) is 4.74 Å². The third-order valence-electron chi connectivity index (χ3n) is 2.44. The average Bonchev–Trinajstić information content (AvgIpc) is 2.16. The minimum absolute atomic E-state index is 0.0896. The number of primary amides is 1. The Bertz CT molecular complexity index is 337. The molecule has 0 spiro atoms. The number of rotatable bonds is 3. The maximum absolute atomic E-state index is 10.9. The molecule has 0 saturated carbocycles. The maximum atomic E-state index is 10.9. The standard InChI is InChI=1S/C9H12N2O4/c1-9(11(13)14)5-3-2-4-7(9)6-15-8(10)12/h2-5,7H,6H2,1H3,(H2,10,12). The van der Waals surface area contributed by atoms with Crippen LogP contribution in [0.4, 0.5) is 4.79 Å². The van der Waals surface area contributed by atoms with Gasteiger partial charge in [0.2, 0.25) is 5.54 Å². The van der Waals surface area contributed by atoms with Crippen molar-refractivity contribution in [2.75, 3.05) is 6.61 Å². The summed E-state index contributed by atoms with van der Waals surface area (Å²) in [6.07, 6.45) is 5.46. The number of hydrogen-bond acceptors (Lipinski definition) is 4. The molecule has 2 unspecified atom stereocenters. The highest BCUT2D eigenvalue weighted by Gasteiger charge is 2.43. The Kier molecular flexibility index (Phi) is 3.08. The first-order valence-corrected chi connectivity index (χ1v) is 4.39. The molecular weight excluding hydrogens is 200 g/mol. The predicted molar refractivity (Wildman–Crippen MR) is 52.7 cm³/mol. The highest BCUT2D eigenvalue weighted by Crippen LogP contribution is 2.27. The van der Waals surface area contributed by atoms with Crippen molar-refractivity contribution >= 4 is 6.09 Å². The van der Waals surface area contributed by atoms with Gasteiger partial charge in [0.15, 0.2) is 0 Å². The van der Waals surface area contributed by atoms with Crippen LogP contribution >= 0.6 is 0 Å². The molecule has 0 aromatic carbocycles. The van der Waals surface area contributed by atoms with Crippen LogP contribution in [-0.4, -0.2) is 23.2 Å². The van der Waals surface area contributed by atoms with Crippen molar-refractivity contribution in [1.82, 2.24) is 0 Å². The van der Waals surface area contributed by atoms with E-state index in [0.717, 1.165) is 0 Å². The minimum atomic E-state index is -1.25. The van der Waals surface area contributed by atoms with Gasteiger partial charge in [-0.3, -0.25) is 10.1 Å². The summed E-state index contributed by atoms with van der Waals surface area (Å²) in [6, 6.07) is 0. The van der Waals surface area contributed by atoms with Gasteiger partial charge in [0.05, 0.1) is 5.92 Å². The van der Waals surface area contributed by atoms with Crippen molar-refractivity contribution in [3.05, 3.63) is 34.4 Å². The number of carbonyl (C=O) groups excluding carboxylic acids is 1. The summed E-state index contributed by atoms with van der Waals surface area (Å²) < 4.78 is 4.58. The molecule has 0 radical (unpaired) electrons. The summed E-state index contributed by atoms with van der Waals surface area (Å²) in [5.41, 5.74) is 3.56. The molecule has 0 heterocycles. The number of nitrogens with two attached hydrogens (primary N) is 1. The zero-order chi connectivity index (χ0) is 11.5. The van der Waals surface area contributed by atoms with Gasteiger partial charge in [0, 0.05) is 11.8 Å². The molecule has 1 aliphatic rings.